The van der Waals surface area contributed by atoms with Crippen LogP contribution < -0.4 is 5.19 Å². The van der Waals surface area contributed by atoms with E-state index in [0.717, 1.165) is 62.4 Å². The van der Waals surface area contributed by atoms with Crippen LogP contribution >= 0.6 is 0 Å². The first-order valence-corrected chi connectivity index (χ1v) is 22.1. The molecular weight excluding hydrogens is 855 g/mol. The second-order valence-corrected chi connectivity index (χ2v) is 20.2. The van der Waals surface area contributed by atoms with Gasteiger partial charge in [-0.1, -0.05) is 119 Å². The molecule has 1 fully saturated rings. The second-order valence-electron chi connectivity index (χ2n) is 15.2. The first kappa shape index (κ1) is 30.1. The van der Waals surface area contributed by atoms with E-state index in [1.807, 2.05) is 75.5 Å². The molecule has 4 nitrogen and oxygen atoms in total. The van der Waals surface area contributed by atoms with E-state index in [1.165, 1.54) is 19.3 Å². The maximum absolute atomic E-state index is 9.17. The van der Waals surface area contributed by atoms with Gasteiger partial charge in [0, 0.05) is 47.6 Å². The molecule has 0 aliphatic heterocycles. The summed E-state index contributed by atoms with van der Waals surface area (Å²) in [5.74, 6) is -0.444. The van der Waals surface area contributed by atoms with Gasteiger partial charge in [0.05, 0.1) is 26.2 Å². The van der Waals surface area contributed by atoms with Crippen LogP contribution in [0, 0.1) is 24.0 Å². The summed E-state index contributed by atoms with van der Waals surface area (Å²) in [4.78, 5) is 13.7. The molecule has 4 aromatic heterocycles. The molecule has 0 bridgehead atoms. The van der Waals surface area contributed by atoms with Crippen molar-refractivity contribution >= 4 is 35.3 Å². The van der Waals surface area contributed by atoms with E-state index in [2.05, 4.69) is 46.7 Å². The van der Waals surface area contributed by atoms with Crippen molar-refractivity contribution in [3.05, 3.63) is 133 Å². The topological polar surface area (TPSA) is 51.8 Å². The molecule has 0 amide bonds. The average molecular weight is 914 g/mol. The molecule has 0 spiro atoms. The van der Waals surface area contributed by atoms with Crippen molar-refractivity contribution in [2.24, 2.45) is 11.8 Å². The zero-order valence-corrected chi connectivity index (χ0v) is 35.2. The van der Waals surface area contributed by atoms with E-state index in [-0.39, 0.29) is 49.4 Å². The Morgan fingerprint density at radius 1 is 0.870 bits per heavy atom. The second kappa shape index (κ2) is 17.5. The molecule has 1 unspecified atom stereocenters. The van der Waals surface area contributed by atoms with Gasteiger partial charge < -0.3 is 14.4 Å². The number of hydrogen-bond acceptors (Lipinski definition) is 4. The molecule has 279 valence electrons. The SMILES string of the molecule is [2H]C([2H])(c1cc(-c2[c-]cccc2)ncc1[Si](C)(C)C)C(C)C.[2H]c1c([2H])c([2H])c(-c2ccc3c(n2)oc2c[c-]c(-c4cc(C([2H])(C)C5CCCCC5)ccn4)cc23)c([2H])c1[2H].[Ir]. The van der Waals surface area contributed by atoms with E-state index in [4.69, 9.17) is 14.0 Å². The van der Waals surface area contributed by atoms with Crippen LogP contribution in [0.1, 0.15) is 80.9 Å². The van der Waals surface area contributed by atoms with Crippen molar-refractivity contribution < 1.29 is 35.5 Å². The standard InChI is InChI=1S/C30H27N2O.C18H24NSi.Ir/c1-20(21-8-4-2-5-9-21)23-16-17-31-28(19-23)24-12-15-29-26(18-24)25-13-14-27(32-30(25)33-29)22-10-6-3-7-11-22;1-14(2)11-16-12-17(15-9-7-6-8-10-15)19-13-18(16)20(3,4)5;/h3,6-7,10-11,13-21H,2,4-5,8-9H2,1H3;6-9,12-14H,11H2,1-5H3;/q2*-1;/i3D,6D,7D,10D,11D,20D;11D2;. The van der Waals surface area contributed by atoms with Crippen molar-refractivity contribution in [1.29, 1.82) is 0 Å². The summed E-state index contributed by atoms with van der Waals surface area (Å²) in [5.41, 5.74) is 6.12. The van der Waals surface area contributed by atoms with E-state index in [9.17, 15) is 1.37 Å². The largest absolute Gasteiger partial charge is 0.486 e. The number of pyridine rings is 3. The predicted molar refractivity (Wildman–Crippen MR) is 224 cm³/mol. The number of rotatable bonds is 8. The van der Waals surface area contributed by atoms with Gasteiger partial charge >= 0.3 is 0 Å². The quantitative estimate of drug-likeness (QED) is 0.113. The molecule has 1 radical (unpaired) electrons. The van der Waals surface area contributed by atoms with Gasteiger partial charge in [-0.25, -0.2) is 4.98 Å². The molecule has 4 heterocycles. The Labute approximate surface area is 347 Å². The maximum Gasteiger partial charge on any atom is 0.216 e. The molecule has 7 aromatic rings. The Morgan fingerprint density at radius 3 is 2.37 bits per heavy atom. The number of fused-ring (bicyclic) bond motifs is 3. The maximum atomic E-state index is 9.17. The number of benzene rings is 3. The molecule has 3 aromatic carbocycles. The minimum atomic E-state index is -1.67. The summed E-state index contributed by atoms with van der Waals surface area (Å²) in [6.07, 6.45) is 8.06. The molecule has 1 atom stereocenters. The normalized spacial score (nSPS) is 17.0. The molecule has 54 heavy (non-hydrogen) atoms. The van der Waals surface area contributed by atoms with Crippen LogP contribution in [0.5, 0.6) is 0 Å². The van der Waals surface area contributed by atoms with Crippen molar-refractivity contribution in [2.45, 2.75) is 84.8 Å². The molecule has 0 saturated heterocycles. The monoisotopic (exact) mass is 914 g/mol. The smallest absolute Gasteiger partial charge is 0.216 e. The first-order valence-electron chi connectivity index (χ1n) is 22.6. The predicted octanol–water partition coefficient (Wildman–Crippen LogP) is 12.5. The fourth-order valence-electron chi connectivity index (χ4n) is 7.04. The number of aromatic nitrogens is 3. The van der Waals surface area contributed by atoms with Crippen LogP contribution in [0.15, 0.2) is 114 Å². The van der Waals surface area contributed by atoms with Crippen LogP contribution in [0.3, 0.4) is 0 Å². The third-order valence-electron chi connectivity index (χ3n) is 9.88. The molecular formula is C48H51IrN3OSi-2. The van der Waals surface area contributed by atoms with E-state index >= 15 is 0 Å². The Balaban J connectivity index is 0.000000238. The Morgan fingerprint density at radius 2 is 1.65 bits per heavy atom. The average Bonchev–Trinajstić information content (AvgIpc) is 3.62. The van der Waals surface area contributed by atoms with Gasteiger partial charge in [-0.05, 0) is 71.7 Å². The van der Waals surface area contributed by atoms with Crippen molar-refractivity contribution in [2.75, 3.05) is 0 Å². The van der Waals surface area contributed by atoms with Gasteiger partial charge in [-0.3, -0.25) is 0 Å². The third kappa shape index (κ3) is 9.17. The molecule has 0 N–H and O–H groups in total. The third-order valence-corrected chi connectivity index (χ3v) is 11.9. The molecule has 8 rings (SSSR count). The van der Waals surface area contributed by atoms with Gasteiger partial charge in [0.1, 0.15) is 0 Å². The van der Waals surface area contributed by atoms with Crippen molar-refractivity contribution in [3.63, 3.8) is 0 Å². The van der Waals surface area contributed by atoms with Crippen LogP contribution in [0.2, 0.25) is 19.6 Å². The molecule has 1 saturated carbocycles. The Hall–Kier alpha value is -4.22. The number of nitrogens with zero attached hydrogens (tertiary/aromatic N) is 3. The number of furan rings is 1. The summed E-state index contributed by atoms with van der Waals surface area (Å²) < 4.78 is 72.6. The summed E-state index contributed by atoms with van der Waals surface area (Å²) >= 11 is 0. The molecule has 1 aliphatic carbocycles. The van der Waals surface area contributed by atoms with Gasteiger partial charge in [-0.2, -0.15) is 0 Å². The van der Waals surface area contributed by atoms with Crippen molar-refractivity contribution in [1.82, 2.24) is 15.0 Å². The first-order chi connectivity index (χ1) is 28.8. The summed E-state index contributed by atoms with van der Waals surface area (Å²) in [7, 11) is -1.67. The zero-order chi connectivity index (χ0) is 44.0. The minimum Gasteiger partial charge on any atom is -0.486 e. The van der Waals surface area contributed by atoms with Crippen LogP contribution in [0.4, 0.5) is 0 Å². The van der Waals surface area contributed by atoms with Gasteiger partial charge in [0.25, 0.3) is 0 Å². The van der Waals surface area contributed by atoms with Crippen LogP contribution in [-0.4, -0.2) is 23.0 Å². The van der Waals surface area contributed by atoms with Crippen LogP contribution in [-0.2, 0) is 26.5 Å². The molecule has 6 heteroatoms. The van der Waals surface area contributed by atoms with E-state index in [1.54, 1.807) is 24.4 Å². The van der Waals surface area contributed by atoms with Gasteiger partial charge in [0.15, 0.2) is 0 Å². The van der Waals surface area contributed by atoms with Gasteiger partial charge in [0.2, 0.25) is 5.71 Å². The van der Waals surface area contributed by atoms with Crippen molar-refractivity contribution in [3.8, 4) is 33.8 Å². The number of hydrogen-bond donors (Lipinski definition) is 0. The zero-order valence-electron chi connectivity index (χ0n) is 39.8. The minimum absolute atomic E-state index is 0. The van der Waals surface area contributed by atoms with E-state index < -0.39 is 38.5 Å². The van der Waals surface area contributed by atoms with Crippen LogP contribution in [0.25, 0.3) is 55.8 Å². The molecule has 1 aliphatic rings. The summed E-state index contributed by atoms with van der Waals surface area (Å²) in [5, 5.41) is 2.65. The Kier molecular flexibility index (Phi) is 9.74. The van der Waals surface area contributed by atoms with E-state index in [0.29, 0.717) is 17.2 Å². The summed E-state index contributed by atoms with van der Waals surface area (Å²) in [6.45, 7) is 12.6. The fraction of sp³-hybridized carbons (Fsp3) is 0.312. The Bertz CT molecular complexity index is 2700. The van der Waals surface area contributed by atoms with Gasteiger partial charge in [-0.15, -0.1) is 59.7 Å². The summed E-state index contributed by atoms with van der Waals surface area (Å²) in [6, 6.07) is 25.3. The fourth-order valence-corrected chi connectivity index (χ4v) is 8.45.